The van der Waals surface area contributed by atoms with Gasteiger partial charge in [0.05, 0.1) is 47.3 Å². The van der Waals surface area contributed by atoms with E-state index in [0.717, 1.165) is 17.6 Å². The van der Waals surface area contributed by atoms with Crippen molar-refractivity contribution in [2.24, 2.45) is 0 Å². The number of nitrogens with zero attached hydrogens (tertiary/aromatic N) is 1. The van der Waals surface area contributed by atoms with Crippen molar-refractivity contribution in [1.29, 1.82) is 0 Å². The summed E-state index contributed by atoms with van der Waals surface area (Å²) in [7, 11) is 7.91. The Hall–Kier alpha value is -0.320. The highest BCUT2D eigenvalue weighted by Crippen LogP contribution is 2.05. The van der Waals surface area contributed by atoms with E-state index in [1.807, 2.05) is 0 Å². The van der Waals surface area contributed by atoms with Gasteiger partial charge in [0.1, 0.15) is 0 Å². The smallest absolute Gasteiger partial charge is 0.307 e. The van der Waals surface area contributed by atoms with Crippen LogP contribution in [0.25, 0.3) is 0 Å². The maximum absolute atomic E-state index is 11.4. The molecule has 0 spiro atoms. The van der Waals surface area contributed by atoms with E-state index in [1.165, 1.54) is 45.6 Å². The van der Waals surface area contributed by atoms with Crippen LogP contribution in [0.3, 0.4) is 0 Å². The summed E-state index contributed by atoms with van der Waals surface area (Å²) in [4.78, 5) is 11.4. The second-order valence-corrected chi connectivity index (χ2v) is 6.67. The van der Waals surface area contributed by atoms with Gasteiger partial charge in [0.25, 0.3) is 0 Å². The van der Waals surface area contributed by atoms with E-state index >= 15 is 0 Å². The third-order valence-electron chi connectivity index (χ3n) is 3.37. The van der Waals surface area contributed by atoms with Crippen molar-refractivity contribution in [3.8, 4) is 0 Å². The predicted molar refractivity (Wildman–Crippen MR) is 84.7 cm³/mol. The molecule has 1 atom stereocenters. The van der Waals surface area contributed by atoms with Crippen LogP contribution < -0.4 is 17.7 Å². The molecule has 0 aliphatic heterocycles. The number of halogens is 1. The average Bonchev–Trinajstić information content (AvgIpc) is 2.35. The monoisotopic (exact) mass is 322 g/mol. The third-order valence-corrected chi connectivity index (χ3v) is 3.37. The number of nitrogens with one attached hydrogen (secondary N) is 1. The molecule has 0 heterocycles. The molecular weight excluding hydrogens is 288 g/mol. The SMILES string of the molecule is CCCCCCCCN[C@H](CC(=O)OC)C[N+](C)(C)C.[Cl-]. The lowest BCUT2D eigenvalue weighted by Gasteiger charge is -2.29. The zero-order chi connectivity index (χ0) is 15.4. The van der Waals surface area contributed by atoms with E-state index in [1.54, 1.807) is 0 Å². The molecule has 0 fully saturated rings. The highest BCUT2D eigenvalue weighted by Gasteiger charge is 2.20. The topological polar surface area (TPSA) is 38.3 Å². The van der Waals surface area contributed by atoms with Crippen molar-refractivity contribution < 1.29 is 26.4 Å². The summed E-state index contributed by atoms with van der Waals surface area (Å²) in [5.41, 5.74) is 0. The Morgan fingerprint density at radius 3 is 2.19 bits per heavy atom. The van der Waals surface area contributed by atoms with Gasteiger partial charge in [-0.2, -0.15) is 0 Å². The molecule has 21 heavy (non-hydrogen) atoms. The number of rotatable bonds is 12. The second kappa shape index (κ2) is 13.4. The van der Waals surface area contributed by atoms with E-state index in [9.17, 15) is 4.79 Å². The van der Waals surface area contributed by atoms with Crippen LogP contribution in [0.4, 0.5) is 0 Å². The van der Waals surface area contributed by atoms with E-state index in [2.05, 4.69) is 33.4 Å². The molecule has 0 radical (unpaired) electrons. The Kier molecular flexibility index (Phi) is 14.6. The van der Waals surface area contributed by atoms with Crippen molar-refractivity contribution in [1.82, 2.24) is 5.32 Å². The Balaban J connectivity index is 0. The molecule has 0 bridgehead atoms. The molecule has 0 aliphatic rings. The van der Waals surface area contributed by atoms with E-state index < -0.39 is 0 Å². The van der Waals surface area contributed by atoms with Crippen molar-refractivity contribution in [2.75, 3.05) is 41.3 Å². The minimum Gasteiger partial charge on any atom is -1.00 e. The maximum Gasteiger partial charge on any atom is 0.307 e. The molecule has 128 valence electrons. The summed E-state index contributed by atoms with van der Waals surface area (Å²) < 4.78 is 5.63. The standard InChI is InChI=1S/C16H35N2O2.ClH/c1-6-7-8-9-10-11-12-17-15(13-16(19)20-5)14-18(2,3)4;/h15,17H,6-14H2,1-5H3;1H/q+1;/p-1/t15-;/m1./s1. The fourth-order valence-electron chi connectivity index (χ4n) is 2.36. The lowest BCUT2D eigenvalue weighted by atomic mass is 10.1. The predicted octanol–water partition coefficient (Wildman–Crippen LogP) is -0.422. The highest BCUT2D eigenvalue weighted by atomic mass is 35.5. The van der Waals surface area contributed by atoms with Crippen LogP contribution in [0.5, 0.6) is 0 Å². The zero-order valence-electron chi connectivity index (χ0n) is 14.6. The normalized spacial score (nSPS) is 12.6. The van der Waals surface area contributed by atoms with Crippen LogP contribution in [0.2, 0.25) is 0 Å². The largest absolute Gasteiger partial charge is 1.00 e. The molecule has 0 aromatic carbocycles. The molecule has 4 nitrogen and oxygen atoms in total. The van der Waals surface area contributed by atoms with E-state index in [0.29, 0.717) is 6.42 Å². The first-order valence-electron chi connectivity index (χ1n) is 7.99. The quantitative estimate of drug-likeness (QED) is 0.301. The Labute approximate surface area is 137 Å². The lowest BCUT2D eigenvalue weighted by molar-refractivity contribution is -0.871. The second-order valence-electron chi connectivity index (χ2n) is 6.67. The van der Waals surface area contributed by atoms with Gasteiger partial charge >= 0.3 is 5.97 Å². The molecule has 0 aliphatic carbocycles. The lowest BCUT2D eigenvalue weighted by Crippen LogP contribution is -3.00. The van der Waals surface area contributed by atoms with Crippen LogP contribution >= 0.6 is 0 Å². The van der Waals surface area contributed by atoms with Gasteiger partial charge in [0, 0.05) is 0 Å². The van der Waals surface area contributed by atoms with Crippen molar-refractivity contribution in [2.45, 2.75) is 57.9 Å². The molecular formula is C16H35ClN2O2. The summed E-state index contributed by atoms with van der Waals surface area (Å²) in [6, 6.07) is 0.207. The zero-order valence-corrected chi connectivity index (χ0v) is 15.3. The van der Waals surface area contributed by atoms with Gasteiger partial charge in [0.2, 0.25) is 0 Å². The van der Waals surface area contributed by atoms with Crippen LogP contribution in [0, 0.1) is 0 Å². The number of unbranched alkanes of at least 4 members (excludes halogenated alkanes) is 5. The van der Waals surface area contributed by atoms with Gasteiger partial charge in [0.15, 0.2) is 0 Å². The first kappa shape index (κ1) is 23.0. The number of carbonyl (C=O) groups excluding carboxylic acids is 1. The number of methoxy groups -OCH3 is 1. The van der Waals surface area contributed by atoms with Crippen LogP contribution in [0.15, 0.2) is 0 Å². The molecule has 0 aromatic heterocycles. The fraction of sp³-hybridized carbons (Fsp3) is 0.938. The number of ether oxygens (including phenoxy) is 1. The number of likely N-dealkylation sites (N-methyl/N-ethyl adjacent to an activating group) is 1. The molecule has 0 unspecified atom stereocenters. The van der Waals surface area contributed by atoms with E-state index in [-0.39, 0.29) is 24.4 Å². The van der Waals surface area contributed by atoms with Crippen molar-refractivity contribution in [3.05, 3.63) is 0 Å². The molecule has 1 N–H and O–H groups in total. The highest BCUT2D eigenvalue weighted by molar-refractivity contribution is 5.69. The summed E-state index contributed by atoms with van der Waals surface area (Å²) >= 11 is 0. The fourth-order valence-corrected chi connectivity index (χ4v) is 2.36. The van der Waals surface area contributed by atoms with Crippen molar-refractivity contribution >= 4 is 5.97 Å². The van der Waals surface area contributed by atoms with Crippen molar-refractivity contribution in [3.63, 3.8) is 0 Å². The van der Waals surface area contributed by atoms with Gasteiger partial charge < -0.3 is 26.9 Å². The van der Waals surface area contributed by atoms with Crippen LogP contribution in [-0.4, -0.2) is 57.8 Å². The number of carbonyl (C=O) groups is 1. The maximum atomic E-state index is 11.4. The molecule has 0 saturated carbocycles. The van der Waals surface area contributed by atoms with Crippen LogP contribution in [-0.2, 0) is 9.53 Å². The van der Waals surface area contributed by atoms with Gasteiger partial charge in [-0.1, -0.05) is 39.0 Å². The minimum atomic E-state index is -0.126. The Morgan fingerprint density at radius 2 is 1.67 bits per heavy atom. The molecule has 0 rings (SSSR count). The first-order valence-corrected chi connectivity index (χ1v) is 7.99. The third kappa shape index (κ3) is 15.9. The summed E-state index contributed by atoms with van der Waals surface area (Å²) in [5.74, 6) is -0.126. The summed E-state index contributed by atoms with van der Waals surface area (Å²) in [5, 5.41) is 3.52. The molecule has 0 saturated heterocycles. The number of hydrogen-bond acceptors (Lipinski definition) is 3. The van der Waals surface area contributed by atoms with Crippen LogP contribution in [0.1, 0.15) is 51.9 Å². The summed E-state index contributed by atoms with van der Waals surface area (Å²) in [6.45, 7) is 4.17. The molecule has 5 heteroatoms. The van der Waals surface area contributed by atoms with Gasteiger partial charge in [-0.15, -0.1) is 0 Å². The Bertz CT molecular complexity index is 255. The van der Waals surface area contributed by atoms with Gasteiger partial charge in [-0.05, 0) is 13.0 Å². The number of quaternary nitrogens is 1. The number of hydrogen-bond donors (Lipinski definition) is 1. The number of esters is 1. The summed E-state index contributed by atoms with van der Waals surface area (Å²) in [6.07, 6.45) is 8.25. The first-order chi connectivity index (χ1) is 9.39. The molecule has 0 aromatic rings. The van der Waals surface area contributed by atoms with Gasteiger partial charge in [-0.3, -0.25) is 4.79 Å². The minimum absolute atomic E-state index is 0. The molecule has 0 amide bonds. The van der Waals surface area contributed by atoms with E-state index in [4.69, 9.17) is 4.74 Å². The average molecular weight is 323 g/mol. The Morgan fingerprint density at radius 1 is 1.10 bits per heavy atom. The van der Waals surface area contributed by atoms with Gasteiger partial charge in [-0.25, -0.2) is 0 Å².